The quantitative estimate of drug-likeness (QED) is 0.302. The number of esters is 1. The molecule has 4 aliphatic rings. The van der Waals surface area contributed by atoms with E-state index in [-0.39, 0.29) is 24.7 Å². The number of urea groups is 1. The number of imide groups is 2. The fourth-order valence-corrected chi connectivity index (χ4v) is 7.60. The summed E-state index contributed by atoms with van der Waals surface area (Å²) in [5.74, 6) is -2.20. The Morgan fingerprint density at radius 1 is 1.09 bits per heavy atom. The van der Waals surface area contributed by atoms with Gasteiger partial charge in [-0.3, -0.25) is 9.59 Å². The molecule has 4 fully saturated rings. The molecule has 0 radical (unpaired) electrons. The number of alkyl halides is 3. The molecule has 11 heteroatoms. The number of halogens is 3. The standard InChI is InChI=1S/C24H25Cl3N2O6/c1-22(2)14-8-9-23(22)15(12-14)34-10-11-35-20(32)24(26,27)16-17(25)29(19(23)31)21(33)28(16)18(30)13-6-4-3-5-7-13/h3-7,14-17H,8-12H2,1-2H3/t14-,15-,16-,17-,23+/m1/s1. The van der Waals surface area contributed by atoms with Crippen LogP contribution >= 0.6 is 34.8 Å². The second kappa shape index (κ2) is 8.33. The molecule has 35 heavy (non-hydrogen) atoms. The number of ether oxygens (including phenoxy) is 2. The van der Waals surface area contributed by atoms with Crippen molar-refractivity contribution in [2.45, 2.75) is 55.1 Å². The molecule has 0 aromatic heterocycles. The molecule has 2 saturated heterocycles. The summed E-state index contributed by atoms with van der Waals surface area (Å²) in [5.41, 5.74) is -2.89. The van der Waals surface area contributed by atoms with Gasteiger partial charge in [0.25, 0.3) is 5.91 Å². The van der Waals surface area contributed by atoms with Gasteiger partial charge in [-0.2, -0.15) is 0 Å². The van der Waals surface area contributed by atoms with Crippen molar-refractivity contribution in [2.75, 3.05) is 13.2 Å². The van der Waals surface area contributed by atoms with Crippen LogP contribution in [0, 0.1) is 16.7 Å². The van der Waals surface area contributed by atoms with Crippen LogP contribution in [0.3, 0.4) is 0 Å². The van der Waals surface area contributed by atoms with Crippen molar-refractivity contribution in [3.05, 3.63) is 35.9 Å². The number of rotatable bonds is 1. The zero-order chi connectivity index (χ0) is 25.3. The third-order valence-electron chi connectivity index (χ3n) is 8.42. The molecule has 1 aromatic carbocycles. The topological polar surface area (TPSA) is 93.2 Å². The second-order valence-corrected chi connectivity index (χ2v) is 11.9. The minimum atomic E-state index is -2.43. The fraction of sp³-hybridized carbons (Fsp3) is 0.583. The molecule has 188 valence electrons. The van der Waals surface area contributed by atoms with E-state index in [1.54, 1.807) is 18.2 Å². The highest BCUT2D eigenvalue weighted by Gasteiger charge is 2.72. The van der Waals surface area contributed by atoms with Crippen LogP contribution in [0.1, 0.15) is 43.5 Å². The first kappa shape index (κ1) is 24.8. The first-order chi connectivity index (χ1) is 16.5. The van der Waals surface area contributed by atoms with Gasteiger partial charge in [-0.05, 0) is 42.7 Å². The molecule has 2 saturated carbocycles. The number of nitrogens with zero attached hydrogens (tertiary/aromatic N) is 2. The Kier molecular flexibility index (Phi) is 5.91. The van der Waals surface area contributed by atoms with E-state index >= 15 is 0 Å². The predicted molar refractivity (Wildman–Crippen MR) is 127 cm³/mol. The number of carbonyl (C=O) groups is 4. The Balaban J connectivity index is 1.65. The smallest absolute Gasteiger partial charge is 0.345 e. The monoisotopic (exact) mass is 542 g/mol. The molecule has 2 heterocycles. The summed E-state index contributed by atoms with van der Waals surface area (Å²) in [5, 5.41) is 0. The van der Waals surface area contributed by atoms with Gasteiger partial charge >= 0.3 is 12.0 Å². The van der Waals surface area contributed by atoms with Crippen molar-refractivity contribution in [3.63, 3.8) is 0 Å². The maximum absolute atomic E-state index is 14.3. The number of hydrogen-bond donors (Lipinski definition) is 0. The van der Waals surface area contributed by atoms with Gasteiger partial charge in [0.1, 0.15) is 18.1 Å². The van der Waals surface area contributed by atoms with Gasteiger partial charge in [-0.25, -0.2) is 19.4 Å². The Morgan fingerprint density at radius 3 is 2.43 bits per heavy atom. The fourth-order valence-electron chi connectivity index (χ4n) is 6.46. The van der Waals surface area contributed by atoms with Gasteiger partial charge in [0.15, 0.2) is 0 Å². The highest BCUT2D eigenvalue weighted by atomic mass is 35.5. The van der Waals surface area contributed by atoms with E-state index in [0.717, 1.165) is 11.3 Å². The maximum Gasteiger partial charge on any atom is 0.345 e. The summed E-state index contributed by atoms with van der Waals surface area (Å²) in [6.07, 6.45) is 1.44. The van der Waals surface area contributed by atoms with E-state index in [4.69, 9.17) is 44.3 Å². The van der Waals surface area contributed by atoms with Crippen molar-refractivity contribution < 1.29 is 28.7 Å². The van der Waals surface area contributed by atoms with E-state index in [0.29, 0.717) is 17.7 Å². The van der Waals surface area contributed by atoms with Crippen LogP contribution in [-0.2, 0) is 19.1 Å². The minimum Gasteiger partial charge on any atom is -0.461 e. The van der Waals surface area contributed by atoms with Crippen LogP contribution in [0.4, 0.5) is 4.79 Å². The minimum absolute atomic E-state index is 0.0354. The molecular weight excluding hydrogens is 519 g/mol. The molecule has 1 aromatic rings. The van der Waals surface area contributed by atoms with Crippen molar-refractivity contribution in [3.8, 4) is 0 Å². The normalized spacial score (nSPS) is 35.9. The SMILES string of the molecule is CC1(C)[C@@H]2CC[C@]13C(=O)N1C(=O)N(C(=O)c4ccccc4)[C@H]([C@@H]1Cl)C(Cl)(Cl)C(=O)OCCO[C@@H]3C2. The lowest BCUT2D eigenvalue weighted by molar-refractivity contribution is -0.161. The van der Waals surface area contributed by atoms with E-state index in [1.807, 2.05) is 13.8 Å². The molecule has 2 aliphatic heterocycles. The first-order valence-electron chi connectivity index (χ1n) is 11.5. The maximum atomic E-state index is 14.3. The zero-order valence-corrected chi connectivity index (χ0v) is 21.5. The van der Waals surface area contributed by atoms with E-state index in [9.17, 15) is 19.2 Å². The van der Waals surface area contributed by atoms with Crippen molar-refractivity contribution in [1.82, 2.24) is 9.80 Å². The lowest BCUT2D eigenvalue weighted by Gasteiger charge is -2.43. The van der Waals surface area contributed by atoms with Gasteiger partial charge < -0.3 is 9.47 Å². The number of carbonyl (C=O) groups excluding carboxylic acids is 4. The van der Waals surface area contributed by atoms with E-state index in [2.05, 4.69) is 0 Å². The lowest BCUT2D eigenvalue weighted by atomic mass is 9.67. The van der Waals surface area contributed by atoms with Gasteiger partial charge in [-0.1, -0.05) is 66.8 Å². The van der Waals surface area contributed by atoms with Crippen molar-refractivity contribution in [2.24, 2.45) is 16.7 Å². The van der Waals surface area contributed by atoms with Crippen LogP contribution in [-0.4, -0.2) is 68.8 Å². The second-order valence-electron chi connectivity index (χ2n) is 10.1. The molecular formula is C24H25Cl3N2O6. The highest BCUT2D eigenvalue weighted by Crippen LogP contribution is 2.67. The summed E-state index contributed by atoms with van der Waals surface area (Å²) in [6, 6.07) is 5.39. The molecule has 2 aliphatic carbocycles. The van der Waals surface area contributed by atoms with E-state index < -0.39 is 56.6 Å². The Bertz CT molecular complexity index is 1100. The molecule has 0 unspecified atom stereocenters. The molecule has 1 spiro atoms. The molecule has 5 rings (SSSR count). The van der Waals surface area contributed by atoms with Crippen LogP contribution in [0.25, 0.3) is 0 Å². The first-order valence-corrected chi connectivity index (χ1v) is 12.7. The Labute approximate surface area is 217 Å². The number of cyclic esters (lactones) is 1. The Hall–Kier alpha value is -1.87. The largest absolute Gasteiger partial charge is 0.461 e. The average Bonchev–Trinajstić information content (AvgIpc) is 3.33. The molecule has 5 atom stereocenters. The van der Waals surface area contributed by atoms with Gasteiger partial charge in [-0.15, -0.1) is 0 Å². The predicted octanol–water partition coefficient (Wildman–Crippen LogP) is 3.97. The summed E-state index contributed by atoms with van der Waals surface area (Å²) in [7, 11) is 0. The third-order valence-corrected chi connectivity index (χ3v) is 9.61. The Morgan fingerprint density at radius 2 is 1.77 bits per heavy atom. The summed E-state index contributed by atoms with van der Waals surface area (Å²) < 4.78 is 8.90. The van der Waals surface area contributed by atoms with Crippen LogP contribution in [0.5, 0.6) is 0 Å². The zero-order valence-electron chi connectivity index (χ0n) is 19.2. The molecule has 0 N–H and O–H groups in total. The van der Waals surface area contributed by atoms with E-state index in [1.165, 1.54) is 12.1 Å². The van der Waals surface area contributed by atoms with Crippen LogP contribution in [0.2, 0.25) is 0 Å². The lowest BCUT2D eigenvalue weighted by Crippen LogP contribution is -2.57. The summed E-state index contributed by atoms with van der Waals surface area (Å²) in [6.45, 7) is 3.88. The molecule has 8 nitrogen and oxygen atoms in total. The number of fused-ring (bicyclic) bond motifs is 3. The van der Waals surface area contributed by atoms with Gasteiger partial charge in [0.2, 0.25) is 10.2 Å². The number of hydrogen-bond acceptors (Lipinski definition) is 6. The van der Waals surface area contributed by atoms with Crippen LogP contribution < -0.4 is 0 Å². The average molecular weight is 544 g/mol. The van der Waals surface area contributed by atoms with Crippen LogP contribution in [0.15, 0.2) is 30.3 Å². The molecule has 4 amide bonds. The third kappa shape index (κ3) is 3.29. The molecule has 4 bridgehead atoms. The summed E-state index contributed by atoms with van der Waals surface area (Å²) in [4.78, 5) is 56.1. The van der Waals surface area contributed by atoms with Crippen molar-refractivity contribution in [1.29, 1.82) is 0 Å². The number of amides is 4. The summed E-state index contributed by atoms with van der Waals surface area (Å²) >= 11 is 19.7. The number of benzene rings is 1. The van der Waals surface area contributed by atoms with Gasteiger partial charge in [0.05, 0.1) is 18.1 Å². The highest BCUT2D eigenvalue weighted by molar-refractivity contribution is 6.59. The van der Waals surface area contributed by atoms with Crippen molar-refractivity contribution >= 4 is 58.6 Å². The van der Waals surface area contributed by atoms with Gasteiger partial charge in [0, 0.05) is 5.56 Å².